The summed E-state index contributed by atoms with van der Waals surface area (Å²) in [5.74, 6) is -3.31. The van der Waals surface area contributed by atoms with E-state index in [1.807, 2.05) is 0 Å². The molecule has 2 aromatic rings. The molecule has 31 heavy (non-hydrogen) atoms. The normalized spacial score (nSPS) is 17.6. The first-order valence-electron chi connectivity index (χ1n) is 9.93. The highest BCUT2D eigenvalue weighted by molar-refractivity contribution is 7.92. The van der Waals surface area contributed by atoms with Crippen LogP contribution in [0.4, 0.5) is 31.7 Å². The number of carbonyl (C=O) groups is 1. The molecule has 0 spiro atoms. The molecule has 2 heterocycles. The molecule has 1 fully saturated rings. The molecule has 1 saturated carbocycles. The first kappa shape index (κ1) is 21.2. The van der Waals surface area contributed by atoms with Crippen LogP contribution in [-0.4, -0.2) is 42.6 Å². The van der Waals surface area contributed by atoms with Gasteiger partial charge in [0.2, 0.25) is 15.9 Å². The lowest BCUT2D eigenvalue weighted by atomic mass is 10.1. The second-order valence-corrected chi connectivity index (χ2v) is 9.37. The Balaban J connectivity index is 1.55. The summed E-state index contributed by atoms with van der Waals surface area (Å²) in [6.07, 6.45) is 3.75. The SMILES string of the molecule is CCCS(=O)(=O)Nc1ccc(F)c(NC(=O)C2CNc3c(NC4CC4)ncnc32)c1F. The number of amides is 1. The van der Waals surface area contributed by atoms with Gasteiger partial charge in [-0.05, 0) is 31.4 Å². The molecule has 0 bridgehead atoms. The van der Waals surface area contributed by atoms with Gasteiger partial charge < -0.3 is 16.0 Å². The summed E-state index contributed by atoms with van der Waals surface area (Å²) in [5, 5.41) is 8.58. The summed E-state index contributed by atoms with van der Waals surface area (Å²) < 4.78 is 55.1. The van der Waals surface area contributed by atoms with E-state index < -0.39 is 44.9 Å². The lowest BCUT2D eigenvalue weighted by Gasteiger charge is -2.15. The Morgan fingerprint density at radius 1 is 1.26 bits per heavy atom. The van der Waals surface area contributed by atoms with E-state index >= 15 is 0 Å². The van der Waals surface area contributed by atoms with Gasteiger partial charge in [-0.25, -0.2) is 27.2 Å². The number of halogens is 2. The van der Waals surface area contributed by atoms with Crippen LogP contribution in [0.25, 0.3) is 0 Å². The molecular weight excluding hydrogens is 430 g/mol. The maximum atomic E-state index is 14.8. The van der Waals surface area contributed by atoms with Crippen LogP contribution in [0, 0.1) is 11.6 Å². The van der Waals surface area contributed by atoms with Gasteiger partial charge >= 0.3 is 0 Å². The van der Waals surface area contributed by atoms with E-state index in [1.54, 1.807) is 6.92 Å². The fourth-order valence-corrected chi connectivity index (χ4v) is 4.46. The first-order chi connectivity index (χ1) is 14.8. The lowest BCUT2D eigenvalue weighted by Crippen LogP contribution is -2.25. The molecule has 1 aromatic heterocycles. The molecule has 1 aromatic carbocycles. The topological polar surface area (TPSA) is 125 Å². The lowest BCUT2D eigenvalue weighted by molar-refractivity contribution is -0.117. The van der Waals surface area contributed by atoms with E-state index in [0.717, 1.165) is 25.0 Å². The highest BCUT2D eigenvalue weighted by Crippen LogP contribution is 2.37. The zero-order valence-electron chi connectivity index (χ0n) is 16.7. The number of nitrogens with one attached hydrogen (secondary N) is 4. The van der Waals surface area contributed by atoms with Crippen molar-refractivity contribution in [1.82, 2.24) is 9.97 Å². The Kier molecular flexibility index (Phi) is 5.65. The van der Waals surface area contributed by atoms with E-state index in [-0.39, 0.29) is 12.3 Å². The number of aromatic nitrogens is 2. The number of carbonyl (C=O) groups excluding carboxylic acids is 1. The van der Waals surface area contributed by atoms with E-state index in [9.17, 15) is 22.0 Å². The predicted octanol–water partition coefficient (Wildman–Crippen LogP) is 2.63. The molecule has 1 unspecified atom stereocenters. The zero-order chi connectivity index (χ0) is 22.2. The zero-order valence-corrected chi connectivity index (χ0v) is 17.5. The Labute approximate surface area is 178 Å². The van der Waals surface area contributed by atoms with Crippen molar-refractivity contribution in [2.75, 3.05) is 33.0 Å². The third-order valence-electron chi connectivity index (χ3n) is 5.00. The Morgan fingerprint density at radius 2 is 2.03 bits per heavy atom. The van der Waals surface area contributed by atoms with Crippen molar-refractivity contribution in [3.8, 4) is 0 Å². The average molecular weight is 452 g/mol. The molecule has 9 nitrogen and oxygen atoms in total. The smallest absolute Gasteiger partial charge is 0.235 e. The van der Waals surface area contributed by atoms with E-state index in [4.69, 9.17) is 0 Å². The second-order valence-electron chi connectivity index (χ2n) is 7.53. The Bertz CT molecular complexity index is 1120. The van der Waals surface area contributed by atoms with Crippen LogP contribution in [0.2, 0.25) is 0 Å². The van der Waals surface area contributed by atoms with Crippen molar-refractivity contribution in [3.05, 3.63) is 35.8 Å². The average Bonchev–Trinajstić information content (AvgIpc) is 3.42. The monoisotopic (exact) mass is 452 g/mol. The quantitative estimate of drug-likeness (QED) is 0.485. The highest BCUT2D eigenvalue weighted by Gasteiger charge is 2.34. The van der Waals surface area contributed by atoms with Crippen molar-refractivity contribution in [2.24, 2.45) is 0 Å². The van der Waals surface area contributed by atoms with Crippen LogP contribution >= 0.6 is 0 Å². The minimum atomic E-state index is -3.79. The number of hydrogen-bond acceptors (Lipinski definition) is 7. The van der Waals surface area contributed by atoms with Gasteiger partial charge in [0, 0.05) is 12.6 Å². The van der Waals surface area contributed by atoms with Gasteiger partial charge in [0.1, 0.15) is 17.8 Å². The Morgan fingerprint density at radius 3 is 2.74 bits per heavy atom. The summed E-state index contributed by atoms with van der Waals surface area (Å²) in [5.41, 5.74) is -0.137. The first-order valence-corrected chi connectivity index (χ1v) is 11.6. The number of anilines is 4. The van der Waals surface area contributed by atoms with Crippen LogP contribution in [0.15, 0.2) is 18.5 Å². The van der Waals surface area contributed by atoms with Crippen LogP contribution in [-0.2, 0) is 14.8 Å². The summed E-state index contributed by atoms with van der Waals surface area (Å²) in [7, 11) is -3.79. The summed E-state index contributed by atoms with van der Waals surface area (Å²) in [6.45, 7) is 1.85. The molecule has 4 N–H and O–H groups in total. The number of nitrogens with zero attached hydrogens (tertiary/aromatic N) is 2. The molecule has 1 amide bonds. The molecule has 1 aliphatic carbocycles. The van der Waals surface area contributed by atoms with Gasteiger partial charge in [-0.2, -0.15) is 0 Å². The molecule has 0 saturated heterocycles. The maximum Gasteiger partial charge on any atom is 0.235 e. The minimum Gasteiger partial charge on any atom is -0.379 e. The van der Waals surface area contributed by atoms with Gasteiger partial charge in [-0.15, -0.1) is 0 Å². The standard InChI is InChI=1S/C19H22F2N6O3S/c1-2-7-31(29,30)27-13-6-5-12(20)16(14(13)21)26-19(28)11-8-22-17-15(11)23-9-24-18(17)25-10-3-4-10/h5-6,9-11,22,27H,2-4,7-8H2,1H3,(H,26,28)(H,23,24,25). The fraction of sp³-hybridized carbons (Fsp3) is 0.421. The molecule has 1 atom stereocenters. The van der Waals surface area contributed by atoms with Gasteiger partial charge in [0.15, 0.2) is 11.6 Å². The number of fused-ring (bicyclic) bond motifs is 1. The largest absolute Gasteiger partial charge is 0.379 e. The number of sulfonamides is 1. The number of benzene rings is 1. The predicted molar refractivity (Wildman–Crippen MR) is 113 cm³/mol. The molecule has 4 rings (SSSR count). The van der Waals surface area contributed by atoms with Crippen molar-refractivity contribution < 1.29 is 22.0 Å². The van der Waals surface area contributed by atoms with Crippen LogP contribution in [0.3, 0.4) is 0 Å². The van der Waals surface area contributed by atoms with Crippen molar-refractivity contribution in [3.63, 3.8) is 0 Å². The molecular formula is C19H22F2N6O3S. The van der Waals surface area contributed by atoms with Crippen molar-refractivity contribution >= 4 is 38.8 Å². The van der Waals surface area contributed by atoms with Gasteiger partial charge in [-0.1, -0.05) is 6.92 Å². The Hall–Kier alpha value is -3.02. The van der Waals surface area contributed by atoms with Crippen molar-refractivity contribution in [1.29, 1.82) is 0 Å². The van der Waals surface area contributed by atoms with Crippen molar-refractivity contribution in [2.45, 2.75) is 38.1 Å². The van der Waals surface area contributed by atoms with Crippen LogP contribution in [0.1, 0.15) is 37.8 Å². The summed E-state index contributed by atoms with van der Waals surface area (Å²) >= 11 is 0. The highest BCUT2D eigenvalue weighted by atomic mass is 32.2. The second kappa shape index (κ2) is 8.25. The van der Waals surface area contributed by atoms with E-state index in [0.29, 0.717) is 29.7 Å². The number of rotatable bonds is 8. The van der Waals surface area contributed by atoms with Crippen LogP contribution in [0.5, 0.6) is 0 Å². The van der Waals surface area contributed by atoms with Crippen LogP contribution < -0.4 is 20.7 Å². The van der Waals surface area contributed by atoms with Gasteiger partial charge in [-0.3, -0.25) is 9.52 Å². The summed E-state index contributed by atoms with van der Waals surface area (Å²) in [4.78, 5) is 21.2. The van der Waals surface area contributed by atoms with E-state index in [2.05, 4.69) is 30.6 Å². The third-order valence-corrected chi connectivity index (χ3v) is 6.48. The minimum absolute atomic E-state index is 0.186. The molecule has 12 heteroatoms. The molecule has 2 aliphatic rings. The third kappa shape index (κ3) is 4.53. The molecule has 166 valence electrons. The van der Waals surface area contributed by atoms with Gasteiger partial charge in [0.05, 0.1) is 28.7 Å². The molecule has 1 aliphatic heterocycles. The van der Waals surface area contributed by atoms with Gasteiger partial charge in [0.25, 0.3) is 0 Å². The summed E-state index contributed by atoms with van der Waals surface area (Å²) in [6, 6.07) is 2.21. The fourth-order valence-electron chi connectivity index (χ4n) is 3.33. The number of hydrogen-bond donors (Lipinski definition) is 4. The van der Waals surface area contributed by atoms with E-state index in [1.165, 1.54) is 6.33 Å². The maximum absolute atomic E-state index is 14.8. The molecule has 0 radical (unpaired) electrons.